The summed E-state index contributed by atoms with van der Waals surface area (Å²) in [5.74, 6) is -1.65. The molecule has 24 heavy (non-hydrogen) atoms. The van der Waals surface area contributed by atoms with Crippen molar-refractivity contribution in [2.45, 2.75) is 25.7 Å². The molecular formula is C17H23F2N3O2. The van der Waals surface area contributed by atoms with Gasteiger partial charge in [-0.2, -0.15) is 0 Å². The summed E-state index contributed by atoms with van der Waals surface area (Å²) in [6.07, 6.45) is 2.89. The Morgan fingerprint density at radius 2 is 2.04 bits per heavy atom. The molecule has 2 rings (SSSR count). The van der Waals surface area contributed by atoms with E-state index in [1.807, 2.05) is 0 Å². The first-order valence-electron chi connectivity index (χ1n) is 8.27. The normalized spacial score (nSPS) is 16.8. The first-order chi connectivity index (χ1) is 11.6. The van der Waals surface area contributed by atoms with Crippen LogP contribution in [0.15, 0.2) is 18.2 Å². The Morgan fingerprint density at radius 3 is 2.75 bits per heavy atom. The van der Waals surface area contributed by atoms with Crippen molar-refractivity contribution in [3.05, 3.63) is 35.4 Å². The van der Waals surface area contributed by atoms with E-state index in [9.17, 15) is 18.4 Å². The van der Waals surface area contributed by atoms with E-state index in [0.29, 0.717) is 31.4 Å². The SMILES string of the molecule is O=C(CCCNC(=O)c1ccc(F)cc1F)NCCC1CCNC1. The molecule has 7 heteroatoms. The van der Waals surface area contributed by atoms with Crippen LogP contribution in [0.4, 0.5) is 8.78 Å². The average molecular weight is 339 g/mol. The summed E-state index contributed by atoms with van der Waals surface area (Å²) in [4.78, 5) is 23.4. The predicted octanol–water partition coefficient (Wildman–Crippen LogP) is 1.59. The van der Waals surface area contributed by atoms with Crippen LogP contribution in [0.2, 0.25) is 0 Å². The molecule has 1 aromatic rings. The highest BCUT2D eigenvalue weighted by molar-refractivity contribution is 5.94. The summed E-state index contributed by atoms with van der Waals surface area (Å²) in [7, 11) is 0. The number of amides is 2. The van der Waals surface area contributed by atoms with Gasteiger partial charge in [-0.05, 0) is 50.4 Å². The summed E-state index contributed by atoms with van der Waals surface area (Å²) >= 11 is 0. The Bertz CT molecular complexity index is 575. The maximum atomic E-state index is 13.4. The lowest BCUT2D eigenvalue weighted by atomic mass is 10.1. The van der Waals surface area contributed by atoms with Gasteiger partial charge in [0, 0.05) is 25.6 Å². The topological polar surface area (TPSA) is 70.2 Å². The summed E-state index contributed by atoms with van der Waals surface area (Å²) in [5, 5.41) is 8.67. The van der Waals surface area contributed by atoms with Gasteiger partial charge in [0.1, 0.15) is 11.6 Å². The molecule has 1 aliphatic rings. The molecule has 5 nitrogen and oxygen atoms in total. The Labute approximate surface area is 140 Å². The van der Waals surface area contributed by atoms with Crippen molar-refractivity contribution in [3.63, 3.8) is 0 Å². The molecule has 1 unspecified atom stereocenters. The number of nitrogens with one attached hydrogen (secondary N) is 3. The molecule has 0 bridgehead atoms. The molecule has 1 fully saturated rings. The van der Waals surface area contributed by atoms with Gasteiger partial charge in [-0.1, -0.05) is 0 Å². The smallest absolute Gasteiger partial charge is 0.254 e. The van der Waals surface area contributed by atoms with Crippen LogP contribution < -0.4 is 16.0 Å². The van der Waals surface area contributed by atoms with Crippen LogP contribution >= 0.6 is 0 Å². The Kier molecular flexibility index (Phi) is 7.11. The van der Waals surface area contributed by atoms with E-state index in [-0.39, 0.29) is 18.0 Å². The van der Waals surface area contributed by atoms with Crippen molar-refractivity contribution < 1.29 is 18.4 Å². The van der Waals surface area contributed by atoms with Crippen LogP contribution in [0.1, 0.15) is 36.0 Å². The fraction of sp³-hybridized carbons (Fsp3) is 0.529. The average Bonchev–Trinajstić information content (AvgIpc) is 3.04. The van der Waals surface area contributed by atoms with Crippen molar-refractivity contribution in [3.8, 4) is 0 Å². The monoisotopic (exact) mass is 339 g/mol. The first-order valence-corrected chi connectivity index (χ1v) is 8.27. The van der Waals surface area contributed by atoms with E-state index in [2.05, 4.69) is 16.0 Å². The molecule has 1 saturated heterocycles. The van der Waals surface area contributed by atoms with E-state index < -0.39 is 17.5 Å². The zero-order chi connectivity index (χ0) is 17.4. The Hall–Kier alpha value is -2.02. The molecular weight excluding hydrogens is 316 g/mol. The van der Waals surface area contributed by atoms with Gasteiger partial charge in [0.2, 0.25) is 5.91 Å². The summed E-state index contributed by atoms with van der Waals surface area (Å²) in [6.45, 7) is 2.99. The number of benzene rings is 1. The van der Waals surface area contributed by atoms with Crippen LogP contribution in [0.3, 0.4) is 0 Å². The predicted molar refractivity (Wildman–Crippen MR) is 86.5 cm³/mol. The molecule has 132 valence electrons. The molecule has 1 aliphatic heterocycles. The van der Waals surface area contributed by atoms with Gasteiger partial charge in [0.15, 0.2) is 0 Å². The van der Waals surface area contributed by atoms with E-state index >= 15 is 0 Å². The minimum atomic E-state index is -0.897. The molecule has 1 atom stereocenters. The van der Waals surface area contributed by atoms with Gasteiger partial charge >= 0.3 is 0 Å². The second-order valence-electron chi connectivity index (χ2n) is 5.98. The summed E-state index contributed by atoms with van der Waals surface area (Å²) < 4.78 is 26.2. The van der Waals surface area contributed by atoms with E-state index in [4.69, 9.17) is 0 Å². The molecule has 0 radical (unpaired) electrons. The standard InChI is InChI=1S/C17H23F2N3O2/c18-13-3-4-14(15(19)10-13)17(24)22-7-1-2-16(23)21-9-6-12-5-8-20-11-12/h3-4,10,12,20H,1-2,5-9,11H2,(H,21,23)(H,22,24). The highest BCUT2D eigenvalue weighted by Gasteiger charge is 2.14. The first kappa shape index (κ1) is 18.3. The summed E-state index contributed by atoms with van der Waals surface area (Å²) in [6, 6.07) is 2.80. The van der Waals surface area contributed by atoms with Crippen LogP contribution in [0, 0.1) is 17.6 Å². The molecule has 0 saturated carbocycles. The number of hydrogen-bond donors (Lipinski definition) is 3. The third-order valence-corrected chi connectivity index (χ3v) is 4.08. The summed E-state index contributed by atoms with van der Waals surface area (Å²) in [5.41, 5.74) is -0.203. The minimum Gasteiger partial charge on any atom is -0.356 e. The lowest BCUT2D eigenvalue weighted by molar-refractivity contribution is -0.121. The van der Waals surface area contributed by atoms with Crippen LogP contribution in [0.25, 0.3) is 0 Å². The van der Waals surface area contributed by atoms with Crippen molar-refractivity contribution in [1.29, 1.82) is 0 Å². The molecule has 1 heterocycles. The Balaban J connectivity index is 1.58. The van der Waals surface area contributed by atoms with E-state index in [1.54, 1.807) is 0 Å². The van der Waals surface area contributed by atoms with E-state index in [1.165, 1.54) is 0 Å². The largest absolute Gasteiger partial charge is 0.356 e. The van der Waals surface area contributed by atoms with Gasteiger partial charge in [-0.25, -0.2) is 8.78 Å². The number of rotatable bonds is 8. The maximum Gasteiger partial charge on any atom is 0.254 e. The van der Waals surface area contributed by atoms with Crippen LogP contribution in [-0.4, -0.2) is 38.0 Å². The van der Waals surface area contributed by atoms with Gasteiger partial charge in [-0.3, -0.25) is 9.59 Å². The van der Waals surface area contributed by atoms with Gasteiger partial charge in [0.05, 0.1) is 5.56 Å². The number of carbonyl (C=O) groups excluding carboxylic acids is 2. The lowest BCUT2D eigenvalue weighted by Gasteiger charge is -2.09. The minimum absolute atomic E-state index is 0.0526. The molecule has 2 amide bonds. The Morgan fingerprint density at radius 1 is 1.21 bits per heavy atom. The number of carbonyl (C=O) groups is 2. The maximum absolute atomic E-state index is 13.4. The fourth-order valence-corrected chi connectivity index (χ4v) is 2.68. The highest BCUT2D eigenvalue weighted by Crippen LogP contribution is 2.11. The van der Waals surface area contributed by atoms with E-state index in [0.717, 1.165) is 38.1 Å². The van der Waals surface area contributed by atoms with Crippen molar-refractivity contribution in [1.82, 2.24) is 16.0 Å². The lowest BCUT2D eigenvalue weighted by Crippen LogP contribution is -2.29. The van der Waals surface area contributed by atoms with Crippen LogP contribution in [-0.2, 0) is 4.79 Å². The highest BCUT2D eigenvalue weighted by atomic mass is 19.1. The van der Waals surface area contributed by atoms with Crippen molar-refractivity contribution in [2.75, 3.05) is 26.2 Å². The van der Waals surface area contributed by atoms with Crippen molar-refractivity contribution >= 4 is 11.8 Å². The quantitative estimate of drug-likeness (QED) is 0.630. The second-order valence-corrected chi connectivity index (χ2v) is 5.98. The van der Waals surface area contributed by atoms with Gasteiger partial charge in [-0.15, -0.1) is 0 Å². The third-order valence-electron chi connectivity index (χ3n) is 4.08. The van der Waals surface area contributed by atoms with Crippen LogP contribution in [0.5, 0.6) is 0 Å². The molecule has 1 aromatic carbocycles. The molecule has 0 aromatic heterocycles. The zero-order valence-electron chi connectivity index (χ0n) is 13.5. The molecule has 3 N–H and O–H groups in total. The van der Waals surface area contributed by atoms with Gasteiger partial charge < -0.3 is 16.0 Å². The zero-order valence-corrected chi connectivity index (χ0v) is 13.5. The van der Waals surface area contributed by atoms with Crippen molar-refractivity contribution in [2.24, 2.45) is 5.92 Å². The number of halogens is 2. The number of hydrogen-bond acceptors (Lipinski definition) is 3. The molecule has 0 aliphatic carbocycles. The third kappa shape index (κ3) is 5.88. The van der Waals surface area contributed by atoms with Gasteiger partial charge in [0.25, 0.3) is 5.91 Å². The fourth-order valence-electron chi connectivity index (χ4n) is 2.68. The second kappa shape index (κ2) is 9.32. The molecule has 0 spiro atoms.